The Labute approximate surface area is 113 Å². The zero-order chi connectivity index (χ0) is 14.6. The third-order valence-electron chi connectivity index (χ3n) is 3.80. The van der Waals surface area contributed by atoms with Gasteiger partial charge >= 0.3 is 0 Å². The van der Waals surface area contributed by atoms with Gasteiger partial charge in [-0.25, -0.2) is 0 Å². The minimum absolute atomic E-state index is 0.00663. The molecule has 0 aromatic rings. The topological polar surface area (TPSA) is 29.5 Å². The molecule has 0 amide bonds. The molecule has 0 saturated heterocycles. The summed E-state index contributed by atoms with van der Waals surface area (Å²) in [6, 6.07) is 0. The quantitative estimate of drug-likeness (QED) is 0.687. The van der Waals surface area contributed by atoms with Crippen LogP contribution in [0.15, 0.2) is 11.1 Å². The SMILES string of the molecule is CC(C)=C(C)C(C)(C)OC(C)CCC(C)(C)CO. The maximum atomic E-state index is 9.25. The van der Waals surface area contributed by atoms with E-state index in [2.05, 4.69) is 55.4 Å². The van der Waals surface area contributed by atoms with Gasteiger partial charge in [0.05, 0.1) is 11.7 Å². The molecule has 0 rings (SSSR count). The lowest BCUT2D eigenvalue weighted by Crippen LogP contribution is -2.32. The van der Waals surface area contributed by atoms with E-state index in [4.69, 9.17) is 4.74 Å². The minimum atomic E-state index is -0.207. The second kappa shape index (κ2) is 6.72. The fraction of sp³-hybridized carbons (Fsp3) is 0.875. The van der Waals surface area contributed by atoms with E-state index in [1.165, 1.54) is 11.1 Å². The van der Waals surface area contributed by atoms with Crippen LogP contribution in [0.4, 0.5) is 0 Å². The lowest BCUT2D eigenvalue weighted by molar-refractivity contribution is -0.0485. The monoisotopic (exact) mass is 256 g/mol. The van der Waals surface area contributed by atoms with E-state index in [-0.39, 0.29) is 23.7 Å². The standard InChI is InChI=1S/C16H32O2/c1-12(2)14(4)16(7,8)18-13(3)9-10-15(5,6)11-17/h13,17H,9-11H2,1-8H3. The van der Waals surface area contributed by atoms with Crippen molar-refractivity contribution in [1.82, 2.24) is 0 Å². The van der Waals surface area contributed by atoms with Crippen molar-refractivity contribution >= 4 is 0 Å². The Morgan fingerprint density at radius 2 is 1.61 bits per heavy atom. The van der Waals surface area contributed by atoms with Gasteiger partial charge < -0.3 is 9.84 Å². The van der Waals surface area contributed by atoms with Crippen LogP contribution in [-0.4, -0.2) is 23.4 Å². The van der Waals surface area contributed by atoms with Crippen LogP contribution in [0.5, 0.6) is 0 Å². The van der Waals surface area contributed by atoms with Gasteiger partial charge in [-0.1, -0.05) is 19.4 Å². The molecule has 0 heterocycles. The number of aliphatic hydroxyl groups excluding tert-OH is 1. The molecule has 0 aromatic carbocycles. The molecule has 0 fully saturated rings. The van der Waals surface area contributed by atoms with Crippen molar-refractivity contribution in [3.8, 4) is 0 Å². The fourth-order valence-corrected chi connectivity index (χ4v) is 1.93. The van der Waals surface area contributed by atoms with Crippen molar-refractivity contribution in [3.63, 3.8) is 0 Å². The molecule has 1 atom stereocenters. The summed E-state index contributed by atoms with van der Waals surface area (Å²) in [6.45, 7) is 17.2. The summed E-state index contributed by atoms with van der Waals surface area (Å²) >= 11 is 0. The highest BCUT2D eigenvalue weighted by atomic mass is 16.5. The van der Waals surface area contributed by atoms with E-state index in [1.54, 1.807) is 0 Å². The second-order valence-corrected chi connectivity index (χ2v) is 6.92. The molecule has 0 bridgehead atoms. The largest absolute Gasteiger partial charge is 0.396 e. The Morgan fingerprint density at radius 1 is 1.11 bits per heavy atom. The Hall–Kier alpha value is -0.340. The molecule has 1 unspecified atom stereocenters. The fourth-order valence-electron chi connectivity index (χ4n) is 1.93. The third kappa shape index (κ3) is 6.01. The summed E-state index contributed by atoms with van der Waals surface area (Å²) in [6.07, 6.45) is 2.17. The molecule has 1 N–H and O–H groups in total. The van der Waals surface area contributed by atoms with Gasteiger partial charge in [0.15, 0.2) is 0 Å². The van der Waals surface area contributed by atoms with Crippen LogP contribution in [0.2, 0.25) is 0 Å². The summed E-state index contributed by atoms with van der Waals surface area (Å²) < 4.78 is 6.16. The maximum Gasteiger partial charge on any atom is 0.0838 e. The van der Waals surface area contributed by atoms with Gasteiger partial charge in [-0.3, -0.25) is 0 Å². The molecule has 0 saturated carbocycles. The van der Waals surface area contributed by atoms with Gasteiger partial charge in [-0.15, -0.1) is 0 Å². The first-order chi connectivity index (χ1) is 8.02. The summed E-state index contributed by atoms with van der Waals surface area (Å²) in [4.78, 5) is 0. The number of hydrogen-bond acceptors (Lipinski definition) is 2. The molecule has 0 aliphatic rings. The van der Waals surface area contributed by atoms with Crippen LogP contribution in [0, 0.1) is 5.41 Å². The van der Waals surface area contributed by atoms with Gasteiger partial charge in [-0.05, 0) is 65.4 Å². The number of hydrogen-bond donors (Lipinski definition) is 1. The summed E-state index contributed by atoms with van der Waals surface area (Å²) in [5.41, 5.74) is 2.41. The zero-order valence-corrected chi connectivity index (χ0v) is 13.6. The highest BCUT2D eigenvalue weighted by molar-refractivity contribution is 5.17. The molecule has 108 valence electrons. The average Bonchev–Trinajstić information content (AvgIpc) is 2.25. The van der Waals surface area contributed by atoms with Crippen LogP contribution in [0.25, 0.3) is 0 Å². The van der Waals surface area contributed by atoms with E-state index < -0.39 is 0 Å². The Morgan fingerprint density at radius 3 is 2.00 bits per heavy atom. The lowest BCUT2D eigenvalue weighted by atomic mass is 9.87. The van der Waals surface area contributed by atoms with E-state index in [0.717, 1.165) is 12.8 Å². The van der Waals surface area contributed by atoms with Crippen molar-refractivity contribution in [2.24, 2.45) is 5.41 Å². The first-order valence-corrected chi connectivity index (χ1v) is 6.95. The smallest absolute Gasteiger partial charge is 0.0838 e. The first kappa shape index (κ1) is 17.7. The van der Waals surface area contributed by atoms with Crippen LogP contribution < -0.4 is 0 Å². The molecule has 2 heteroatoms. The molecule has 0 aliphatic carbocycles. The highest BCUT2D eigenvalue weighted by Crippen LogP contribution is 2.28. The van der Waals surface area contributed by atoms with Crippen molar-refractivity contribution in [1.29, 1.82) is 0 Å². The third-order valence-corrected chi connectivity index (χ3v) is 3.80. The predicted molar refractivity (Wildman–Crippen MR) is 78.8 cm³/mol. The van der Waals surface area contributed by atoms with Gasteiger partial charge in [0.25, 0.3) is 0 Å². The molecular weight excluding hydrogens is 224 g/mol. The predicted octanol–water partition coefficient (Wildman–Crippen LogP) is 4.33. The molecule has 0 aromatic heterocycles. The molecule has 0 radical (unpaired) electrons. The van der Waals surface area contributed by atoms with Crippen molar-refractivity contribution in [2.45, 2.75) is 79.9 Å². The first-order valence-electron chi connectivity index (χ1n) is 6.95. The van der Waals surface area contributed by atoms with Crippen LogP contribution in [0.3, 0.4) is 0 Å². The van der Waals surface area contributed by atoms with Crippen LogP contribution >= 0.6 is 0 Å². The van der Waals surface area contributed by atoms with Gasteiger partial charge in [0, 0.05) is 6.61 Å². The molecule has 2 nitrogen and oxygen atoms in total. The molecule has 0 aliphatic heterocycles. The van der Waals surface area contributed by atoms with Gasteiger partial charge in [0.1, 0.15) is 0 Å². The maximum absolute atomic E-state index is 9.25. The van der Waals surface area contributed by atoms with Gasteiger partial charge in [0.2, 0.25) is 0 Å². The van der Waals surface area contributed by atoms with Crippen LogP contribution in [-0.2, 0) is 4.74 Å². The zero-order valence-electron chi connectivity index (χ0n) is 13.6. The number of aliphatic hydroxyl groups is 1. The van der Waals surface area contributed by atoms with Crippen molar-refractivity contribution in [2.75, 3.05) is 6.61 Å². The summed E-state index contributed by atoms with van der Waals surface area (Å²) in [7, 11) is 0. The highest BCUT2D eigenvalue weighted by Gasteiger charge is 2.25. The summed E-state index contributed by atoms with van der Waals surface area (Å²) in [5, 5.41) is 9.25. The Kier molecular flexibility index (Phi) is 6.59. The minimum Gasteiger partial charge on any atom is -0.396 e. The number of ether oxygens (including phenoxy) is 1. The second-order valence-electron chi connectivity index (χ2n) is 6.92. The van der Waals surface area contributed by atoms with Gasteiger partial charge in [-0.2, -0.15) is 0 Å². The Balaban J connectivity index is 4.41. The van der Waals surface area contributed by atoms with Crippen molar-refractivity contribution in [3.05, 3.63) is 11.1 Å². The van der Waals surface area contributed by atoms with Crippen molar-refractivity contribution < 1.29 is 9.84 Å². The lowest BCUT2D eigenvalue weighted by Gasteiger charge is -2.32. The number of rotatable bonds is 7. The van der Waals surface area contributed by atoms with E-state index in [0.29, 0.717) is 0 Å². The Bertz CT molecular complexity index is 283. The van der Waals surface area contributed by atoms with E-state index in [9.17, 15) is 5.11 Å². The molecule has 0 spiro atoms. The summed E-state index contributed by atoms with van der Waals surface area (Å²) in [5.74, 6) is 0. The molecule has 18 heavy (non-hydrogen) atoms. The van der Waals surface area contributed by atoms with E-state index in [1.807, 2.05) is 0 Å². The normalized spacial score (nSPS) is 14.5. The number of allylic oxidation sites excluding steroid dienone is 1. The molecular formula is C16H32O2. The van der Waals surface area contributed by atoms with Crippen LogP contribution in [0.1, 0.15) is 68.2 Å². The average molecular weight is 256 g/mol. The van der Waals surface area contributed by atoms with E-state index >= 15 is 0 Å².